The first kappa shape index (κ1) is 16.4. The lowest BCUT2D eigenvalue weighted by atomic mass is 10.1. The van der Waals surface area contributed by atoms with Gasteiger partial charge in [0.1, 0.15) is 0 Å². The van der Waals surface area contributed by atoms with Gasteiger partial charge in [-0.3, -0.25) is 9.67 Å². The smallest absolute Gasteiger partial charge is 0.340 e. The topological polar surface area (TPSA) is 72.3 Å². The summed E-state index contributed by atoms with van der Waals surface area (Å²) in [6.07, 6.45) is 7.40. The molecular weight excluding hydrogens is 306 g/mol. The molecule has 2 aromatic heterocycles. The highest BCUT2D eigenvalue weighted by molar-refractivity contribution is 5.96. The number of hydrogen-bond donors (Lipinski definition) is 1. The largest absolute Gasteiger partial charge is 0.465 e. The SMILES string of the molecule is COC(=O)c1ccncc1Nc1cn(C2CCN(C)CC2)nc1C. The number of ether oxygens (including phenoxy) is 1. The van der Waals surface area contributed by atoms with Crippen LogP contribution in [0.2, 0.25) is 0 Å². The predicted molar refractivity (Wildman–Crippen MR) is 91.6 cm³/mol. The Balaban J connectivity index is 1.81. The second-order valence-electron chi connectivity index (χ2n) is 6.18. The van der Waals surface area contributed by atoms with Crippen LogP contribution in [-0.2, 0) is 4.74 Å². The van der Waals surface area contributed by atoms with Crippen molar-refractivity contribution in [2.75, 3.05) is 32.6 Å². The number of esters is 1. The molecule has 3 heterocycles. The highest BCUT2D eigenvalue weighted by Crippen LogP contribution is 2.27. The highest BCUT2D eigenvalue weighted by Gasteiger charge is 2.20. The van der Waals surface area contributed by atoms with Crippen LogP contribution in [0.5, 0.6) is 0 Å². The second-order valence-corrected chi connectivity index (χ2v) is 6.18. The van der Waals surface area contributed by atoms with Crippen LogP contribution in [0.4, 0.5) is 11.4 Å². The Morgan fingerprint density at radius 3 is 2.79 bits per heavy atom. The van der Waals surface area contributed by atoms with Gasteiger partial charge in [0.25, 0.3) is 0 Å². The summed E-state index contributed by atoms with van der Waals surface area (Å²) in [5, 5.41) is 7.92. The molecule has 7 heteroatoms. The van der Waals surface area contributed by atoms with E-state index in [1.807, 2.05) is 17.8 Å². The third-order valence-corrected chi connectivity index (χ3v) is 4.47. The average molecular weight is 329 g/mol. The van der Waals surface area contributed by atoms with Gasteiger partial charge >= 0.3 is 5.97 Å². The van der Waals surface area contributed by atoms with E-state index in [0.29, 0.717) is 17.3 Å². The molecule has 0 bridgehead atoms. The standard InChI is InChI=1S/C17H23N5O2/c1-12-16(11-22(20-12)13-5-8-21(2)9-6-13)19-15-10-18-7-4-14(15)17(23)24-3/h4,7,10-11,13,19H,5-6,8-9H2,1-3H3. The zero-order chi connectivity index (χ0) is 17.1. The number of pyridine rings is 1. The monoisotopic (exact) mass is 329 g/mol. The lowest BCUT2D eigenvalue weighted by Crippen LogP contribution is -2.31. The van der Waals surface area contributed by atoms with Crippen LogP contribution in [0.1, 0.15) is 34.9 Å². The number of nitrogens with zero attached hydrogens (tertiary/aromatic N) is 4. The zero-order valence-electron chi connectivity index (χ0n) is 14.3. The number of anilines is 2. The van der Waals surface area contributed by atoms with Crippen molar-refractivity contribution in [3.05, 3.63) is 35.9 Å². The van der Waals surface area contributed by atoms with Gasteiger partial charge in [0.05, 0.1) is 42.0 Å². The summed E-state index contributed by atoms with van der Waals surface area (Å²) < 4.78 is 6.86. The summed E-state index contributed by atoms with van der Waals surface area (Å²) in [5.41, 5.74) is 2.86. The van der Waals surface area contributed by atoms with Crippen LogP contribution in [0.15, 0.2) is 24.7 Å². The van der Waals surface area contributed by atoms with Crippen molar-refractivity contribution in [3.8, 4) is 0 Å². The summed E-state index contributed by atoms with van der Waals surface area (Å²) in [5.74, 6) is -0.389. The Morgan fingerprint density at radius 2 is 2.08 bits per heavy atom. The first-order chi connectivity index (χ1) is 11.6. The molecule has 2 aromatic rings. The third-order valence-electron chi connectivity index (χ3n) is 4.47. The molecular formula is C17H23N5O2. The third kappa shape index (κ3) is 3.41. The molecule has 0 unspecified atom stereocenters. The minimum absolute atomic E-state index is 0.389. The number of carbonyl (C=O) groups is 1. The summed E-state index contributed by atoms with van der Waals surface area (Å²) in [6.45, 7) is 4.13. The minimum atomic E-state index is -0.389. The van der Waals surface area contributed by atoms with E-state index < -0.39 is 0 Å². The molecule has 0 spiro atoms. The molecule has 7 nitrogen and oxygen atoms in total. The van der Waals surface area contributed by atoms with E-state index >= 15 is 0 Å². The molecule has 1 aliphatic rings. The number of aromatic nitrogens is 3. The summed E-state index contributed by atoms with van der Waals surface area (Å²) in [7, 11) is 3.52. The average Bonchev–Trinajstić information content (AvgIpc) is 2.96. The lowest BCUT2D eigenvalue weighted by Gasteiger charge is -2.28. The van der Waals surface area contributed by atoms with Gasteiger partial charge in [-0.15, -0.1) is 0 Å². The van der Waals surface area contributed by atoms with E-state index in [1.165, 1.54) is 7.11 Å². The number of piperidine rings is 1. The van der Waals surface area contributed by atoms with Crippen molar-refractivity contribution in [3.63, 3.8) is 0 Å². The molecule has 1 saturated heterocycles. The van der Waals surface area contributed by atoms with Crippen LogP contribution >= 0.6 is 0 Å². The summed E-state index contributed by atoms with van der Waals surface area (Å²) in [4.78, 5) is 18.3. The van der Waals surface area contributed by atoms with Gasteiger partial charge < -0.3 is 15.0 Å². The number of methoxy groups -OCH3 is 1. The molecule has 128 valence electrons. The van der Waals surface area contributed by atoms with Gasteiger partial charge in [0.15, 0.2) is 0 Å². The van der Waals surface area contributed by atoms with Gasteiger partial charge in [0.2, 0.25) is 0 Å². The van der Waals surface area contributed by atoms with Crippen molar-refractivity contribution >= 4 is 17.3 Å². The van der Waals surface area contributed by atoms with Gasteiger partial charge in [-0.2, -0.15) is 5.10 Å². The molecule has 0 amide bonds. The van der Waals surface area contributed by atoms with Gasteiger partial charge in [0, 0.05) is 12.4 Å². The van der Waals surface area contributed by atoms with E-state index in [4.69, 9.17) is 4.74 Å². The van der Waals surface area contributed by atoms with Crippen LogP contribution < -0.4 is 5.32 Å². The Hall–Kier alpha value is -2.41. The molecule has 3 rings (SSSR count). The van der Waals surface area contributed by atoms with E-state index in [2.05, 4.69) is 27.3 Å². The Bertz CT molecular complexity index is 720. The maximum Gasteiger partial charge on any atom is 0.340 e. The lowest BCUT2D eigenvalue weighted by molar-refractivity contribution is 0.0602. The van der Waals surface area contributed by atoms with Crippen LogP contribution in [0.25, 0.3) is 0 Å². The molecule has 0 aromatic carbocycles. The molecule has 24 heavy (non-hydrogen) atoms. The minimum Gasteiger partial charge on any atom is -0.465 e. The zero-order valence-corrected chi connectivity index (χ0v) is 14.3. The van der Waals surface area contributed by atoms with Crippen molar-refractivity contribution in [2.45, 2.75) is 25.8 Å². The van der Waals surface area contributed by atoms with E-state index in [9.17, 15) is 4.79 Å². The van der Waals surface area contributed by atoms with Gasteiger partial charge in [-0.1, -0.05) is 0 Å². The number of likely N-dealkylation sites (tertiary alicyclic amines) is 1. The van der Waals surface area contributed by atoms with E-state index in [0.717, 1.165) is 37.3 Å². The quantitative estimate of drug-likeness (QED) is 0.868. The fourth-order valence-corrected chi connectivity index (χ4v) is 2.98. The maximum absolute atomic E-state index is 11.9. The van der Waals surface area contributed by atoms with Crippen molar-refractivity contribution in [1.29, 1.82) is 0 Å². The predicted octanol–water partition coefficient (Wildman–Crippen LogP) is 2.38. The first-order valence-electron chi connectivity index (χ1n) is 8.12. The number of carbonyl (C=O) groups excluding carboxylic acids is 1. The first-order valence-corrected chi connectivity index (χ1v) is 8.12. The highest BCUT2D eigenvalue weighted by atomic mass is 16.5. The molecule has 0 saturated carbocycles. The molecule has 1 fully saturated rings. The summed E-state index contributed by atoms with van der Waals surface area (Å²) >= 11 is 0. The molecule has 0 aliphatic carbocycles. The van der Waals surface area contributed by atoms with Crippen LogP contribution in [0.3, 0.4) is 0 Å². The van der Waals surface area contributed by atoms with Gasteiger partial charge in [-0.05, 0) is 46.0 Å². The Kier molecular flexibility index (Phi) is 4.80. The van der Waals surface area contributed by atoms with Crippen molar-refractivity contribution < 1.29 is 9.53 Å². The van der Waals surface area contributed by atoms with Crippen LogP contribution in [-0.4, -0.2) is 52.9 Å². The van der Waals surface area contributed by atoms with E-state index in [-0.39, 0.29) is 5.97 Å². The molecule has 1 N–H and O–H groups in total. The number of nitrogens with one attached hydrogen (secondary N) is 1. The summed E-state index contributed by atoms with van der Waals surface area (Å²) in [6, 6.07) is 2.06. The van der Waals surface area contributed by atoms with E-state index in [1.54, 1.807) is 18.5 Å². The molecule has 0 radical (unpaired) electrons. The van der Waals surface area contributed by atoms with Gasteiger partial charge in [-0.25, -0.2) is 4.79 Å². The molecule has 1 aliphatic heterocycles. The Morgan fingerprint density at radius 1 is 1.33 bits per heavy atom. The maximum atomic E-state index is 11.9. The van der Waals surface area contributed by atoms with Crippen molar-refractivity contribution in [2.24, 2.45) is 0 Å². The Labute approximate surface area is 141 Å². The number of aryl methyl sites for hydroxylation is 1. The fraction of sp³-hybridized carbons (Fsp3) is 0.471. The number of rotatable bonds is 4. The second kappa shape index (κ2) is 7.00. The number of hydrogen-bond acceptors (Lipinski definition) is 6. The molecule has 0 atom stereocenters. The fourth-order valence-electron chi connectivity index (χ4n) is 2.98. The normalized spacial score (nSPS) is 16.1. The van der Waals surface area contributed by atoms with Crippen LogP contribution in [0, 0.1) is 6.92 Å². The van der Waals surface area contributed by atoms with Crippen molar-refractivity contribution in [1.82, 2.24) is 19.7 Å².